The van der Waals surface area contributed by atoms with E-state index in [1.54, 1.807) is 18.2 Å². The summed E-state index contributed by atoms with van der Waals surface area (Å²) in [4.78, 5) is 23.5. The molecular formula is C26H29N3O4. The van der Waals surface area contributed by atoms with Gasteiger partial charge in [-0.1, -0.05) is 18.2 Å². The smallest absolute Gasteiger partial charge is 0.341 e. The van der Waals surface area contributed by atoms with Gasteiger partial charge < -0.3 is 14.4 Å². The van der Waals surface area contributed by atoms with Crippen LogP contribution in [-0.2, 0) is 11.3 Å². The number of aryl methyl sites for hydroxylation is 1. The van der Waals surface area contributed by atoms with Gasteiger partial charge in [-0.05, 0) is 55.2 Å². The summed E-state index contributed by atoms with van der Waals surface area (Å²) in [6.45, 7) is 3.62. The number of likely N-dealkylation sites (tertiary alicyclic amines) is 1. The van der Waals surface area contributed by atoms with Crippen LogP contribution in [0.5, 0.6) is 11.5 Å². The highest BCUT2D eigenvalue weighted by molar-refractivity contribution is 5.92. The predicted octanol–water partition coefficient (Wildman–Crippen LogP) is 4.73. The molecule has 0 unspecified atom stereocenters. The van der Waals surface area contributed by atoms with Gasteiger partial charge in [0.05, 0.1) is 13.7 Å². The molecule has 2 aliphatic rings. The molecule has 3 aromatic rings. The molecule has 0 saturated carbocycles. The fourth-order valence-corrected chi connectivity index (χ4v) is 4.91. The second-order valence-corrected chi connectivity index (χ2v) is 8.66. The second-order valence-electron chi connectivity index (χ2n) is 8.66. The van der Waals surface area contributed by atoms with E-state index in [-0.39, 0.29) is 11.6 Å². The number of piperidine rings is 1. The largest absolute Gasteiger partial charge is 0.494 e. The van der Waals surface area contributed by atoms with Crippen molar-refractivity contribution in [1.82, 2.24) is 15.4 Å². The summed E-state index contributed by atoms with van der Waals surface area (Å²) in [5, 5.41) is 1.06. The standard InChI is InChI=1S/C26H29N3O4/c1-3-32-28-25(30)29-15-12-26(13-16-29)11-10-20-17-19(7-9-22(20)33-26)21-8-6-18-5-4-14-27-23(18)24(21)31-2/h4-9,14,17H,3,10-13,15-16H2,1-2H3,(H,28,30). The fourth-order valence-electron chi connectivity index (χ4n) is 4.91. The maximum absolute atomic E-state index is 12.2. The first-order valence-corrected chi connectivity index (χ1v) is 11.5. The first kappa shape index (κ1) is 21.5. The van der Waals surface area contributed by atoms with Gasteiger partial charge in [0.2, 0.25) is 0 Å². The number of ether oxygens (including phenoxy) is 2. The number of hydroxylamine groups is 1. The van der Waals surface area contributed by atoms with Crippen LogP contribution >= 0.6 is 0 Å². The molecule has 0 bridgehead atoms. The number of benzene rings is 2. The van der Waals surface area contributed by atoms with Crippen molar-refractivity contribution in [3.63, 3.8) is 0 Å². The summed E-state index contributed by atoms with van der Waals surface area (Å²) in [5.41, 5.74) is 6.47. The third kappa shape index (κ3) is 4.09. The number of methoxy groups -OCH3 is 1. The summed E-state index contributed by atoms with van der Waals surface area (Å²) < 4.78 is 12.3. The molecule has 33 heavy (non-hydrogen) atoms. The van der Waals surface area contributed by atoms with E-state index >= 15 is 0 Å². The molecule has 1 N–H and O–H groups in total. The maximum Gasteiger partial charge on any atom is 0.341 e. The van der Waals surface area contributed by atoms with Crippen LogP contribution in [0.25, 0.3) is 22.0 Å². The Balaban J connectivity index is 1.34. The highest BCUT2D eigenvalue weighted by Crippen LogP contribution is 2.42. The van der Waals surface area contributed by atoms with Gasteiger partial charge in [-0.15, -0.1) is 0 Å². The van der Waals surface area contributed by atoms with Crippen molar-refractivity contribution in [2.24, 2.45) is 0 Å². The van der Waals surface area contributed by atoms with E-state index in [2.05, 4.69) is 40.8 Å². The second kappa shape index (κ2) is 8.90. The van der Waals surface area contributed by atoms with Crippen molar-refractivity contribution in [1.29, 1.82) is 0 Å². The molecular weight excluding hydrogens is 418 g/mol. The number of nitrogens with zero attached hydrogens (tertiary/aromatic N) is 2. The molecule has 1 saturated heterocycles. The van der Waals surface area contributed by atoms with Crippen LogP contribution in [0.15, 0.2) is 48.7 Å². The average Bonchev–Trinajstić information content (AvgIpc) is 2.86. The van der Waals surface area contributed by atoms with Gasteiger partial charge in [0.25, 0.3) is 0 Å². The van der Waals surface area contributed by atoms with Crippen LogP contribution in [0.4, 0.5) is 4.79 Å². The Morgan fingerprint density at radius 1 is 1.18 bits per heavy atom. The Labute approximate surface area is 193 Å². The molecule has 2 amide bonds. The monoisotopic (exact) mass is 447 g/mol. The lowest BCUT2D eigenvalue weighted by Gasteiger charge is -2.44. The van der Waals surface area contributed by atoms with E-state index in [0.717, 1.165) is 59.2 Å². The summed E-state index contributed by atoms with van der Waals surface area (Å²) >= 11 is 0. The zero-order chi connectivity index (χ0) is 22.8. The molecule has 2 aromatic carbocycles. The van der Waals surface area contributed by atoms with Crippen molar-refractivity contribution >= 4 is 16.9 Å². The minimum absolute atomic E-state index is 0.175. The van der Waals surface area contributed by atoms with E-state index < -0.39 is 0 Å². The molecule has 172 valence electrons. The van der Waals surface area contributed by atoms with Gasteiger partial charge in [-0.2, -0.15) is 0 Å². The molecule has 1 fully saturated rings. The SMILES string of the molecule is CCONC(=O)N1CCC2(CCc3cc(-c4ccc5cccnc5c4OC)ccc3O2)CC1. The van der Waals surface area contributed by atoms with E-state index in [9.17, 15) is 4.79 Å². The highest BCUT2D eigenvalue weighted by Gasteiger charge is 2.40. The van der Waals surface area contributed by atoms with E-state index in [4.69, 9.17) is 14.3 Å². The van der Waals surface area contributed by atoms with Gasteiger partial charge in [0, 0.05) is 43.1 Å². The lowest BCUT2D eigenvalue weighted by Crippen LogP contribution is -2.53. The van der Waals surface area contributed by atoms with Crippen LogP contribution in [0.2, 0.25) is 0 Å². The third-order valence-corrected chi connectivity index (χ3v) is 6.75. The number of pyridine rings is 1. The third-order valence-electron chi connectivity index (χ3n) is 6.75. The first-order chi connectivity index (χ1) is 16.1. The molecule has 2 aliphatic heterocycles. The number of carbonyl (C=O) groups is 1. The zero-order valence-corrected chi connectivity index (χ0v) is 19.1. The zero-order valence-electron chi connectivity index (χ0n) is 19.1. The summed E-state index contributed by atoms with van der Waals surface area (Å²) in [6, 6.07) is 14.4. The molecule has 7 nitrogen and oxygen atoms in total. The highest BCUT2D eigenvalue weighted by atomic mass is 16.7. The van der Waals surface area contributed by atoms with Crippen molar-refractivity contribution in [3.8, 4) is 22.6 Å². The Morgan fingerprint density at radius 3 is 2.82 bits per heavy atom. The van der Waals surface area contributed by atoms with Crippen LogP contribution in [0.3, 0.4) is 0 Å². The summed E-state index contributed by atoms with van der Waals surface area (Å²) in [6.07, 6.45) is 5.32. The number of rotatable bonds is 4. The van der Waals surface area contributed by atoms with Gasteiger partial charge in [0.1, 0.15) is 16.9 Å². The Kier molecular flexibility index (Phi) is 5.81. The lowest BCUT2D eigenvalue weighted by atomic mass is 9.82. The first-order valence-electron chi connectivity index (χ1n) is 11.5. The Hall–Kier alpha value is -3.32. The van der Waals surface area contributed by atoms with Crippen LogP contribution in [0, 0.1) is 0 Å². The number of carbonyl (C=O) groups excluding carboxylic acids is 1. The topological polar surface area (TPSA) is 72.9 Å². The van der Waals surface area contributed by atoms with Gasteiger partial charge >= 0.3 is 6.03 Å². The number of urea groups is 1. The summed E-state index contributed by atoms with van der Waals surface area (Å²) in [7, 11) is 1.69. The quantitative estimate of drug-likeness (QED) is 0.586. The van der Waals surface area contributed by atoms with Gasteiger partial charge in [-0.25, -0.2) is 10.3 Å². The predicted molar refractivity (Wildman–Crippen MR) is 126 cm³/mol. The molecule has 0 aliphatic carbocycles. The molecule has 1 aromatic heterocycles. The number of hydrogen-bond acceptors (Lipinski definition) is 5. The number of fused-ring (bicyclic) bond motifs is 2. The molecule has 5 rings (SSSR count). The number of nitrogens with one attached hydrogen (secondary N) is 1. The number of aromatic nitrogens is 1. The lowest BCUT2D eigenvalue weighted by molar-refractivity contribution is -0.0131. The van der Waals surface area contributed by atoms with Gasteiger partial charge in [-0.3, -0.25) is 9.82 Å². The number of amides is 2. The van der Waals surface area contributed by atoms with E-state index in [1.165, 1.54) is 5.56 Å². The van der Waals surface area contributed by atoms with Crippen LogP contribution in [-0.4, -0.2) is 48.3 Å². The van der Waals surface area contributed by atoms with Crippen molar-refractivity contribution in [2.75, 3.05) is 26.8 Å². The molecule has 0 radical (unpaired) electrons. The van der Waals surface area contributed by atoms with Crippen LogP contribution in [0.1, 0.15) is 31.7 Å². The average molecular weight is 448 g/mol. The normalized spacial score (nSPS) is 16.8. The molecule has 0 atom stereocenters. The van der Waals surface area contributed by atoms with Gasteiger partial charge in [0.15, 0.2) is 5.75 Å². The van der Waals surface area contributed by atoms with E-state index in [1.807, 2.05) is 19.1 Å². The van der Waals surface area contributed by atoms with Crippen LogP contribution < -0.4 is 15.0 Å². The van der Waals surface area contributed by atoms with Crippen molar-refractivity contribution < 1.29 is 19.1 Å². The van der Waals surface area contributed by atoms with Crippen molar-refractivity contribution in [3.05, 3.63) is 54.2 Å². The van der Waals surface area contributed by atoms with Crippen molar-refractivity contribution in [2.45, 2.75) is 38.2 Å². The molecule has 3 heterocycles. The van der Waals surface area contributed by atoms with E-state index in [0.29, 0.717) is 19.7 Å². The number of hydrogen-bond donors (Lipinski definition) is 1. The minimum Gasteiger partial charge on any atom is -0.494 e. The molecule has 1 spiro atoms. The minimum atomic E-state index is -0.207. The molecule has 7 heteroatoms. The Bertz CT molecular complexity index is 1170. The summed E-state index contributed by atoms with van der Waals surface area (Å²) in [5.74, 6) is 1.73. The fraction of sp³-hybridized carbons (Fsp3) is 0.385. The maximum atomic E-state index is 12.2. The Morgan fingerprint density at radius 2 is 2.03 bits per heavy atom.